The number of nitrogens with one attached hydrogen (secondary N) is 1. The Morgan fingerprint density at radius 3 is 2.20 bits per heavy atom. The highest BCUT2D eigenvalue weighted by molar-refractivity contribution is 6.48. The molecule has 2 aromatic carbocycles. The molecule has 0 heterocycles. The topological polar surface area (TPSA) is 95.7 Å². The van der Waals surface area contributed by atoms with Gasteiger partial charge in [-0.1, -0.05) is 12.1 Å². The monoisotopic (exact) mass is 340 g/mol. The first-order valence-corrected chi connectivity index (χ1v) is 7.58. The van der Waals surface area contributed by atoms with Gasteiger partial charge in [-0.25, -0.2) is 4.90 Å². The van der Waals surface area contributed by atoms with Gasteiger partial charge >= 0.3 is 11.8 Å². The average Bonchev–Trinajstić information content (AvgIpc) is 2.54. The summed E-state index contributed by atoms with van der Waals surface area (Å²) in [6, 6.07) is 13.2. The Morgan fingerprint density at radius 2 is 1.60 bits per heavy atom. The molecule has 0 bridgehead atoms. The van der Waals surface area contributed by atoms with Crippen molar-refractivity contribution < 1.29 is 14.4 Å². The predicted octanol–water partition coefficient (Wildman–Crippen LogP) is 1.85. The van der Waals surface area contributed by atoms with Crippen LogP contribution in [-0.2, 0) is 14.4 Å². The van der Waals surface area contributed by atoms with E-state index >= 15 is 0 Å². The molecule has 0 spiro atoms. The van der Waals surface area contributed by atoms with Crippen molar-refractivity contribution in [2.45, 2.75) is 6.92 Å². The lowest BCUT2D eigenvalue weighted by Gasteiger charge is -2.19. The molecule has 130 valence electrons. The normalized spacial score (nSPS) is 10.0. The molecule has 0 aliphatic rings. The number of imide groups is 1. The van der Waals surface area contributed by atoms with E-state index in [0.29, 0.717) is 11.4 Å². The number of carbonyl (C=O) groups excluding carboxylic acids is 3. The van der Waals surface area contributed by atoms with Gasteiger partial charge in [0.2, 0.25) is 5.91 Å². The quantitative estimate of drug-likeness (QED) is 0.657. The number of anilines is 4. The summed E-state index contributed by atoms with van der Waals surface area (Å²) >= 11 is 0. The zero-order valence-corrected chi connectivity index (χ0v) is 14.3. The van der Waals surface area contributed by atoms with E-state index in [-0.39, 0.29) is 5.69 Å². The number of nitrogens with two attached hydrogens (primary N) is 1. The summed E-state index contributed by atoms with van der Waals surface area (Å²) in [5.74, 6) is -2.46. The second-order valence-corrected chi connectivity index (χ2v) is 5.65. The fourth-order valence-electron chi connectivity index (χ4n) is 2.25. The number of nitrogens with zero attached hydrogens (tertiary/aromatic N) is 2. The van der Waals surface area contributed by atoms with E-state index in [9.17, 15) is 14.4 Å². The second-order valence-electron chi connectivity index (χ2n) is 5.65. The van der Waals surface area contributed by atoms with Gasteiger partial charge in [0.05, 0.1) is 5.69 Å². The first kappa shape index (κ1) is 18.0. The fourth-order valence-corrected chi connectivity index (χ4v) is 2.25. The highest BCUT2D eigenvalue weighted by atomic mass is 16.2. The lowest BCUT2D eigenvalue weighted by molar-refractivity contribution is -0.136. The van der Waals surface area contributed by atoms with Crippen molar-refractivity contribution in [3.05, 3.63) is 48.5 Å². The third kappa shape index (κ3) is 4.35. The molecule has 0 radical (unpaired) electrons. The lowest BCUT2D eigenvalue weighted by atomic mass is 10.2. The molecule has 0 atom stereocenters. The first-order valence-electron chi connectivity index (χ1n) is 7.58. The SMILES string of the molecule is CC(=O)N(C(=O)C(=O)Nc1cccc(N(C)C)c1)c1cccc(N)c1. The smallest absolute Gasteiger partial charge is 0.323 e. The van der Waals surface area contributed by atoms with Crippen molar-refractivity contribution in [2.75, 3.05) is 34.9 Å². The van der Waals surface area contributed by atoms with Gasteiger partial charge in [0.25, 0.3) is 0 Å². The molecule has 7 heteroatoms. The summed E-state index contributed by atoms with van der Waals surface area (Å²) in [4.78, 5) is 39.3. The van der Waals surface area contributed by atoms with Gasteiger partial charge in [-0.15, -0.1) is 0 Å². The van der Waals surface area contributed by atoms with E-state index in [0.717, 1.165) is 10.6 Å². The molecule has 7 nitrogen and oxygen atoms in total. The number of amides is 3. The van der Waals surface area contributed by atoms with Crippen LogP contribution in [0, 0.1) is 0 Å². The third-order valence-corrected chi connectivity index (χ3v) is 3.46. The zero-order chi connectivity index (χ0) is 18.6. The molecular formula is C18H20N4O3. The molecule has 0 saturated heterocycles. The van der Waals surface area contributed by atoms with E-state index in [1.165, 1.54) is 19.1 Å². The molecular weight excluding hydrogens is 320 g/mol. The van der Waals surface area contributed by atoms with Gasteiger partial charge in [-0.3, -0.25) is 14.4 Å². The standard InChI is InChI=1S/C18H20N4O3/c1-12(23)22(16-9-4-6-13(19)10-16)18(25)17(24)20-14-7-5-8-15(11-14)21(2)3/h4-11H,19H2,1-3H3,(H,20,24). The minimum atomic E-state index is -0.978. The number of carbonyl (C=O) groups is 3. The van der Waals surface area contributed by atoms with Gasteiger partial charge in [-0.2, -0.15) is 0 Å². The van der Waals surface area contributed by atoms with Gasteiger partial charge < -0.3 is 16.0 Å². The summed E-state index contributed by atoms with van der Waals surface area (Å²) in [7, 11) is 3.73. The van der Waals surface area contributed by atoms with Crippen molar-refractivity contribution in [2.24, 2.45) is 0 Å². The van der Waals surface area contributed by atoms with Gasteiger partial charge in [0, 0.05) is 38.1 Å². The van der Waals surface area contributed by atoms with Crippen molar-refractivity contribution in [1.82, 2.24) is 0 Å². The molecule has 0 aromatic heterocycles. The molecule has 2 aromatic rings. The third-order valence-electron chi connectivity index (χ3n) is 3.46. The van der Waals surface area contributed by atoms with E-state index in [2.05, 4.69) is 5.32 Å². The van der Waals surface area contributed by atoms with Crippen LogP contribution in [0.15, 0.2) is 48.5 Å². The molecule has 0 aliphatic heterocycles. The molecule has 3 N–H and O–H groups in total. The molecule has 2 rings (SSSR count). The van der Waals surface area contributed by atoms with Crippen LogP contribution in [-0.4, -0.2) is 31.8 Å². The van der Waals surface area contributed by atoms with Crippen LogP contribution in [0.3, 0.4) is 0 Å². The highest BCUT2D eigenvalue weighted by Gasteiger charge is 2.27. The van der Waals surface area contributed by atoms with Crippen LogP contribution < -0.4 is 20.9 Å². The van der Waals surface area contributed by atoms with E-state index < -0.39 is 17.7 Å². The van der Waals surface area contributed by atoms with E-state index in [1.807, 2.05) is 25.1 Å². The Labute approximate surface area is 146 Å². The van der Waals surface area contributed by atoms with Crippen LogP contribution in [0.5, 0.6) is 0 Å². The Morgan fingerprint density at radius 1 is 0.960 bits per heavy atom. The van der Waals surface area contributed by atoms with Crippen molar-refractivity contribution >= 4 is 40.5 Å². The Hall–Kier alpha value is -3.35. The summed E-state index contributed by atoms with van der Waals surface area (Å²) in [5.41, 5.74) is 7.64. The van der Waals surface area contributed by atoms with Crippen molar-refractivity contribution in [1.29, 1.82) is 0 Å². The predicted molar refractivity (Wildman–Crippen MR) is 98.4 cm³/mol. The first-order chi connectivity index (χ1) is 11.8. The van der Waals surface area contributed by atoms with Crippen LogP contribution in [0.1, 0.15) is 6.92 Å². The molecule has 0 fully saturated rings. The number of hydrogen-bond donors (Lipinski definition) is 2. The minimum absolute atomic E-state index is 0.245. The molecule has 25 heavy (non-hydrogen) atoms. The fraction of sp³-hybridized carbons (Fsp3) is 0.167. The maximum Gasteiger partial charge on any atom is 0.323 e. The van der Waals surface area contributed by atoms with Crippen LogP contribution in [0.2, 0.25) is 0 Å². The molecule has 0 unspecified atom stereocenters. The average molecular weight is 340 g/mol. The van der Waals surface area contributed by atoms with Gasteiger partial charge in [0.15, 0.2) is 0 Å². The maximum atomic E-state index is 12.5. The number of benzene rings is 2. The van der Waals surface area contributed by atoms with Crippen molar-refractivity contribution in [3.63, 3.8) is 0 Å². The van der Waals surface area contributed by atoms with Crippen LogP contribution in [0.25, 0.3) is 0 Å². The number of hydrogen-bond acceptors (Lipinski definition) is 5. The van der Waals surface area contributed by atoms with Crippen molar-refractivity contribution in [3.8, 4) is 0 Å². The minimum Gasteiger partial charge on any atom is -0.399 e. The summed E-state index contributed by atoms with van der Waals surface area (Å²) in [6.45, 7) is 1.21. The van der Waals surface area contributed by atoms with E-state index in [4.69, 9.17) is 5.73 Å². The Balaban J connectivity index is 2.23. The Bertz CT molecular complexity index is 817. The Kier molecular flexibility index (Phi) is 5.38. The van der Waals surface area contributed by atoms with Crippen LogP contribution >= 0.6 is 0 Å². The van der Waals surface area contributed by atoms with Gasteiger partial charge in [-0.05, 0) is 36.4 Å². The summed E-state index contributed by atoms with van der Waals surface area (Å²) in [5, 5.41) is 2.52. The zero-order valence-electron chi connectivity index (χ0n) is 14.3. The maximum absolute atomic E-state index is 12.5. The van der Waals surface area contributed by atoms with E-state index in [1.54, 1.807) is 30.3 Å². The van der Waals surface area contributed by atoms with Gasteiger partial charge in [0.1, 0.15) is 0 Å². The molecule has 3 amide bonds. The second kappa shape index (κ2) is 7.48. The summed E-state index contributed by atoms with van der Waals surface area (Å²) in [6.07, 6.45) is 0. The van der Waals surface area contributed by atoms with Crippen LogP contribution in [0.4, 0.5) is 22.7 Å². The molecule has 0 aliphatic carbocycles. The number of nitrogen functional groups attached to an aromatic ring is 1. The lowest BCUT2D eigenvalue weighted by Crippen LogP contribution is -2.42. The largest absolute Gasteiger partial charge is 0.399 e. The highest BCUT2D eigenvalue weighted by Crippen LogP contribution is 2.20. The molecule has 0 saturated carbocycles. The number of rotatable bonds is 3. The summed E-state index contributed by atoms with van der Waals surface area (Å²) < 4.78 is 0.